The highest BCUT2D eigenvalue weighted by Gasteiger charge is 2.11. The fourth-order valence-corrected chi connectivity index (χ4v) is 3.24. The van der Waals surface area contributed by atoms with Crippen molar-refractivity contribution in [3.8, 4) is 0 Å². The van der Waals surface area contributed by atoms with Crippen LogP contribution in [0.25, 0.3) is 0 Å². The Morgan fingerprint density at radius 3 is 2.41 bits per heavy atom. The monoisotopic (exact) mass is 390 g/mol. The van der Waals surface area contributed by atoms with Crippen LogP contribution in [0.5, 0.6) is 0 Å². The number of carbonyl (C=O) groups excluding carboxylic acids is 1. The number of hydrogen-bond donors (Lipinski definition) is 3. The van der Waals surface area contributed by atoms with Crippen molar-refractivity contribution in [2.75, 3.05) is 31.5 Å². The third-order valence-corrected chi connectivity index (χ3v) is 5.02. The molecular weight excluding hydrogens is 364 g/mol. The molecule has 0 spiro atoms. The third-order valence-electron chi connectivity index (χ3n) is 4.11. The lowest BCUT2D eigenvalue weighted by Crippen LogP contribution is -2.34. The molecule has 0 aromatic heterocycles. The van der Waals surface area contributed by atoms with E-state index in [1.807, 2.05) is 18.2 Å². The third kappa shape index (κ3) is 7.48. The minimum Gasteiger partial charge on any atom is -0.329 e. The molecule has 2 aromatic carbocycles. The molecule has 27 heavy (non-hydrogen) atoms. The highest BCUT2D eigenvalue weighted by molar-refractivity contribution is 7.89. The summed E-state index contributed by atoms with van der Waals surface area (Å²) < 4.78 is 22.8. The standard InChI is InChI=1S/C19H26N4O3S/c20-11-14-23(12-9-16-5-2-1-3-6-16)13-10-19(24)22-17-7-4-8-18(15-17)27(21,25)26/h1-8,15H,9-14,20H2,(H,22,24)(H2,21,25,26). The fourth-order valence-electron chi connectivity index (χ4n) is 2.68. The van der Waals surface area contributed by atoms with E-state index in [4.69, 9.17) is 10.9 Å². The number of anilines is 1. The zero-order valence-electron chi connectivity index (χ0n) is 15.2. The number of nitrogens with two attached hydrogens (primary N) is 2. The highest BCUT2D eigenvalue weighted by atomic mass is 32.2. The number of sulfonamides is 1. The van der Waals surface area contributed by atoms with Crippen LogP contribution in [0.15, 0.2) is 59.5 Å². The lowest BCUT2D eigenvalue weighted by molar-refractivity contribution is -0.116. The van der Waals surface area contributed by atoms with Gasteiger partial charge in [0.15, 0.2) is 0 Å². The summed E-state index contributed by atoms with van der Waals surface area (Å²) >= 11 is 0. The first-order valence-electron chi connectivity index (χ1n) is 8.77. The Morgan fingerprint density at radius 2 is 1.74 bits per heavy atom. The van der Waals surface area contributed by atoms with Crippen molar-refractivity contribution in [3.63, 3.8) is 0 Å². The number of hydrogen-bond acceptors (Lipinski definition) is 5. The summed E-state index contributed by atoms with van der Waals surface area (Å²) in [6, 6.07) is 16.0. The summed E-state index contributed by atoms with van der Waals surface area (Å²) in [4.78, 5) is 14.3. The zero-order chi connectivity index (χ0) is 19.7. The molecular formula is C19H26N4O3S. The van der Waals surface area contributed by atoms with Crippen LogP contribution in [0.2, 0.25) is 0 Å². The lowest BCUT2D eigenvalue weighted by Gasteiger charge is -2.21. The molecule has 0 aliphatic carbocycles. The quantitative estimate of drug-likeness (QED) is 0.563. The molecule has 2 rings (SSSR count). The van der Waals surface area contributed by atoms with E-state index < -0.39 is 10.0 Å². The second-order valence-corrected chi connectivity index (χ2v) is 7.80. The number of nitrogens with one attached hydrogen (secondary N) is 1. The average molecular weight is 391 g/mol. The number of nitrogens with zero attached hydrogens (tertiary/aromatic N) is 1. The molecule has 0 bridgehead atoms. The Hall–Kier alpha value is -2.26. The Kier molecular flexibility index (Phi) is 7.93. The summed E-state index contributed by atoms with van der Waals surface area (Å²) in [6.07, 6.45) is 1.17. The van der Waals surface area contributed by atoms with E-state index in [-0.39, 0.29) is 17.2 Å². The molecule has 0 unspecified atom stereocenters. The van der Waals surface area contributed by atoms with Gasteiger partial charge >= 0.3 is 0 Å². The largest absolute Gasteiger partial charge is 0.329 e. The molecule has 7 nitrogen and oxygen atoms in total. The minimum absolute atomic E-state index is 0.0343. The van der Waals surface area contributed by atoms with Crippen molar-refractivity contribution in [1.29, 1.82) is 0 Å². The van der Waals surface area contributed by atoms with Gasteiger partial charge in [0.05, 0.1) is 4.90 Å². The lowest BCUT2D eigenvalue weighted by atomic mass is 10.1. The van der Waals surface area contributed by atoms with Crippen molar-refractivity contribution in [2.45, 2.75) is 17.7 Å². The normalized spacial score (nSPS) is 11.5. The van der Waals surface area contributed by atoms with Crippen LogP contribution in [-0.4, -0.2) is 45.4 Å². The van der Waals surface area contributed by atoms with Crippen LogP contribution in [0.4, 0.5) is 5.69 Å². The summed E-state index contributed by atoms with van der Waals surface area (Å²) in [7, 11) is -3.80. The van der Waals surface area contributed by atoms with Crippen LogP contribution in [0.1, 0.15) is 12.0 Å². The second-order valence-electron chi connectivity index (χ2n) is 6.24. The summed E-state index contributed by atoms with van der Waals surface area (Å²) in [5.74, 6) is -0.191. The van der Waals surface area contributed by atoms with Gasteiger partial charge in [-0.05, 0) is 30.2 Å². The van der Waals surface area contributed by atoms with Gasteiger partial charge in [-0.25, -0.2) is 13.6 Å². The van der Waals surface area contributed by atoms with Crippen molar-refractivity contribution < 1.29 is 13.2 Å². The molecule has 1 amide bonds. The van der Waals surface area contributed by atoms with Crippen LogP contribution >= 0.6 is 0 Å². The van der Waals surface area contributed by atoms with Gasteiger partial charge in [0.1, 0.15) is 0 Å². The maximum Gasteiger partial charge on any atom is 0.238 e. The number of benzene rings is 2. The van der Waals surface area contributed by atoms with Crippen LogP contribution < -0.4 is 16.2 Å². The van der Waals surface area contributed by atoms with Gasteiger partial charge in [-0.3, -0.25) is 4.79 Å². The summed E-state index contributed by atoms with van der Waals surface area (Å²) in [5.41, 5.74) is 7.32. The Bertz CT molecular complexity index is 841. The number of amides is 1. The summed E-state index contributed by atoms with van der Waals surface area (Å²) in [5, 5.41) is 7.82. The van der Waals surface area contributed by atoms with Crippen molar-refractivity contribution in [2.24, 2.45) is 10.9 Å². The number of carbonyl (C=O) groups is 1. The first-order valence-corrected chi connectivity index (χ1v) is 10.3. The molecule has 146 valence electrons. The predicted octanol–water partition coefficient (Wildman–Crippen LogP) is 1.17. The molecule has 0 fully saturated rings. The average Bonchev–Trinajstić information content (AvgIpc) is 2.64. The SMILES string of the molecule is NCCN(CCC(=O)Nc1cccc(S(N)(=O)=O)c1)CCc1ccccc1. The molecule has 0 heterocycles. The van der Waals surface area contributed by atoms with E-state index in [0.717, 1.165) is 13.0 Å². The topological polar surface area (TPSA) is 119 Å². The molecule has 8 heteroatoms. The second kappa shape index (κ2) is 10.2. The maximum absolute atomic E-state index is 12.2. The van der Waals surface area contributed by atoms with Crippen molar-refractivity contribution in [3.05, 3.63) is 60.2 Å². The van der Waals surface area contributed by atoms with E-state index >= 15 is 0 Å². The first kappa shape index (κ1) is 21.0. The maximum atomic E-state index is 12.2. The molecule has 0 aliphatic heterocycles. The van der Waals surface area contributed by atoms with E-state index in [2.05, 4.69) is 22.3 Å². The van der Waals surface area contributed by atoms with Gasteiger partial charge < -0.3 is 16.0 Å². The van der Waals surface area contributed by atoms with E-state index in [0.29, 0.717) is 25.3 Å². The Morgan fingerprint density at radius 1 is 1.00 bits per heavy atom. The molecule has 0 saturated carbocycles. The van der Waals surface area contributed by atoms with Crippen molar-refractivity contribution in [1.82, 2.24) is 4.90 Å². The predicted molar refractivity (Wildman–Crippen MR) is 107 cm³/mol. The van der Waals surface area contributed by atoms with E-state index in [9.17, 15) is 13.2 Å². The molecule has 2 aromatic rings. The van der Waals surface area contributed by atoms with Gasteiger partial charge in [0, 0.05) is 38.3 Å². The minimum atomic E-state index is -3.80. The Labute approximate surface area is 160 Å². The van der Waals surface area contributed by atoms with Gasteiger partial charge in [-0.1, -0.05) is 36.4 Å². The highest BCUT2D eigenvalue weighted by Crippen LogP contribution is 2.14. The van der Waals surface area contributed by atoms with Crippen molar-refractivity contribution >= 4 is 21.6 Å². The van der Waals surface area contributed by atoms with Crippen LogP contribution in [0, 0.1) is 0 Å². The van der Waals surface area contributed by atoms with Crippen LogP contribution in [0.3, 0.4) is 0 Å². The first-order chi connectivity index (χ1) is 12.9. The smallest absolute Gasteiger partial charge is 0.238 e. The molecule has 5 N–H and O–H groups in total. The van der Waals surface area contributed by atoms with E-state index in [1.165, 1.54) is 23.8 Å². The Balaban J connectivity index is 1.86. The van der Waals surface area contributed by atoms with Crippen LogP contribution in [-0.2, 0) is 21.2 Å². The summed E-state index contributed by atoms with van der Waals surface area (Å²) in [6.45, 7) is 2.62. The zero-order valence-corrected chi connectivity index (χ0v) is 16.0. The fraction of sp³-hybridized carbons (Fsp3) is 0.316. The molecule has 0 atom stereocenters. The van der Waals surface area contributed by atoms with E-state index in [1.54, 1.807) is 6.07 Å². The number of rotatable bonds is 10. The van der Waals surface area contributed by atoms with Gasteiger partial charge in [-0.15, -0.1) is 0 Å². The van der Waals surface area contributed by atoms with Gasteiger partial charge in [0.2, 0.25) is 15.9 Å². The molecule has 0 saturated heterocycles. The number of primary sulfonamides is 1. The van der Waals surface area contributed by atoms with Gasteiger partial charge in [0.25, 0.3) is 0 Å². The molecule has 0 radical (unpaired) electrons. The van der Waals surface area contributed by atoms with Gasteiger partial charge in [-0.2, -0.15) is 0 Å². The molecule has 0 aliphatic rings.